The lowest BCUT2D eigenvalue weighted by atomic mass is 9.78. The first kappa shape index (κ1) is 10.6. The molecule has 1 saturated carbocycles. The molecule has 0 heterocycles. The van der Waals surface area contributed by atoms with Crippen LogP contribution in [0, 0.1) is 18.3 Å². The fourth-order valence-corrected chi connectivity index (χ4v) is 2.11. The Kier molecular flexibility index (Phi) is 4.27. The predicted octanol–water partition coefficient (Wildman–Crippen LogP) is 0.940. The third kappa shape index (κ3) is 2.46. The van der Waals surface area contributed by atoms with E-state index in [2.05, 4.69) is 23.1 Å². The van der Waals surface area contributed by atoms with E-state index in [0.717, 1.165) is 31.6 Å². The van der Waals surface area contributed by atoms with Crippen molar-refractivity contribution in [3.63, 3.8) is 0 Å². The van der Waals surface area contributed by atoms with Crippen molar-refractivity contribution < 1.29 is 0 Å². The van der Waals surface area contributed by atoms with Crippen molar-refractivity contribution >= 4 is 0 Å². The fourth-order valence-electron chi connectivity index (χ4n) is 2.11. The van der Waals surface area contributed by atoms with E-state index in [1.807, 2.05) is 7.05 Å². The second-order valence-electron chi connectivity index (χ2n) is 3.73. The molecule has 2 nitrogen and oxygen atoms in total. The zero-order valence-corrected chi connectivity index (χ0v) is 8.71. The maximum Gasteiger partial charge on any atom is 0.0601 e. The van der Waals surface area contributed by atoms with E-state index in [1.165, 1.54) is 12.8 Å². The van der Waals surface area contributed by atoms with Gasteiger partial charge in [-0.1, -0.05) is 12.8 Å². The van der Waals surface area contributed by atoms with Crippen LogP contribution in [0.5, 0.6) is 0 Å². The number of rotatable bonds is 5. The van der Waals surface area contributed by atoms with Gasteiger partial charge >= 0.3 is 0 Å². The van der Waals surface area contributed by atoms with Gasteiger partial charge in [0.2, 0.25) is 0 Å². The molecule has 1 aliphatic carbocycles. The molecule has 13 heavy (non-hydrogen) atoms. The largest absolute Gasteiger partial charge is 0.319 e. The third-order valence-corrected chi connectivity index (χ3v) is 3.01. The monoisotopic (exact) mass is 180 g/mol. The minimum Gasteiger partial charge on any atom is -0.319 e. The van der Waals surface area contributed by atoms with E-state index in [1.54, 1.807) is 0 Å². The average Bonchev–Trinajstić information content (AvgIpc) is 2.11. The summed E-state index contributed by atoms with van der Waals surface area (Å²) in [6, 6.07) is 0.730. The van der Waals surface area contributed by atoms with Gasteiger partial charge in [-0.05, 0) is 38.9 Å². The van der Waals surface area contributed by atoms with Gasteiger partial charge in [-0.3, -0.25) is 4.90 Å². The normalized spacial score (nSPS) is 26.9. The Bertz CT molecular complexity index is 183. The van der Waals surface area contributed by atoms with E-state index in [9.17, 15) is 0 Å². The summed E-state index contributed by atoms with van der Waals surface area (Å²) in [7, 11) is 2.02. The second kappa shape index (κ2) is 5.26. The van der Waals surface area contributed by atoms with Crippen molar-refractivity contribution in [3.8, 4) is 12.3 Å². The van der Waals surface area contributed by atoms with Gasteiger partial charge < -0.3 is 5.32 Å². The maximum absolute atomic E-state index is 5.33. The molecule has 0 saturated heterocycles. The van der Waals surface area contributed by atoms with Crippen LogP contribution in [0.3, 0.4) is 0 Å². The van der Waals surface area contributed by atoms with E-state index in [4.69, 9.17) is 6.42 Å². The highest BCUT2D eigenvalue weighted by molar-refractivity contribution is 4.95. The standard InChI is InChI=1S/C11H20N2/c1-4-8-13(5-2)11-7-6-10(11)9-12-3/h1,10-12H,5-9H2,2-3H3. The number of hydrogen-bond acceptors (Lipinski definition) is 2. The highest BCUT2D eigenvalue weighted by Crippen LogP contribution is 2.31. The minimum absolute atomic E-state index is 0.730. The van der Waals surface area contributed by atoms with Gasteiger partial charge in [-0.15, -0.1) is 6.42 Å². The summed E-state index contributed by atoms with van der Waals surface area (Å²) in [5.41, 5.74) is 0. The molecule has 2 atom stereocenters. The summed E-state index contributed by atoms with van der Waals surface area (Å²) in [5.74, 6) is 3.55. The zero-order chi connectivity index (χ0) is 9.68. The van der Waals surface area contributed by atoms with Gasteiger partial charge in [0.25, 0.3) is 0 Å². The molecule has 0 radical (unpaired) electrons. The first-order chi connectivity index (χ1) is 6.33. The van der Waals surface area contributed by atoms with Crippen LogP contribution < -0.4 is 5.32 Å². The van der Waals surface area contributed by atoms with E-state index in [-0.39, 0.29) is 0 Å². The maximum atomic E-state index is 5.33. The Morgan fingerprint density at radius 1 is 1.54 bits per heavy atom. The van der Waals surface area contributed by atoms with Gasteiger partial charge in [0.1, 0.15) is 0 Å². The van der Waals surface area contributed by atoms with Gasteiger partial charge in [-0.2, -0.15) is 0 Å². The number of hydrogen-bond donors (Lipinski definition) is 1. The SMILES string of the molecule is C#CCN(CC)C1CCC1CNC. The molecule has 0 aromatic heterocycles. The van der Waals surface area contributed by atoms with Crippen LogP contribution in [0.1, 0.15) is 19.8 Å². The number of nitrogens with one attached hydrogen (secondary N) is 1. The van der Waals surface area contributed by atoms with Crippen molar-refractivity contribution in [1.82, 2.24) is 10.2 Å². The Morgan fingerprint density at radius 2 is 2.31 bits per heavy atom. The number of nitrogens with zero attached hydrogens (tertiary/aromatic N) is 1. The highest BCUT2D eigenvalue weighted by Gasteiger charge is 2.33. The summed E-state index contributed by atoms with van der Waals surface area (Å²) in [4.78, 5) is 2.41. The first-order valence-corrected chi connectivity index (χ1v) is 5.15. The van der Waals surface area contributed by atoms with Crippen molar-refractivity contribution in [2.75, 3.05) is 26.7 Å². The Labute approximate surface area is 81.7 Å². The second-order valence-corrected chi connectivity index (χ2v) is 3.73. The summed E-state index contributed by atoms with van der Waals surface area (Å²) < 4.78 is 0. The summed E-state index contributed by atoms with van der Waals surface area (Å²) >= 11 is 0. The molecular formula is C11H20N2. The van der Waals surface area contributed by atoms with E-state index >= 15 is 0 Å². The molecule has 0 aromatic rings. The van der Waals surface area contributed by atoms with Crippen LogP contribution in [-0.2, 0) is 0 Å². The Hall–Kier alpha value is -0.520. The molecule has 1 fully saturated rings. The van der Waals surface area contributed by atoms with Gasteiger partial charge in [0.05, 0.1) is 6.54 Å². The van der Waals surface area contributed by atoms with Gasteiger partial charge in [-0.25, -0.2) is 0 Å². The molecule has 2 unspecified atom stereocenters. The van der Waals surface area contributed by atoms with Crippen molar-refractivity contribution in [2.45, 2.75) is 25.8 Å². The lowest BCUT2D eigenvalue weighted by Gasteiger charge is -2.43. The molecule has 74 valence electrons. The van der Waals surface area contributed by atoms with Crippen LogP contribution in [-0.4, -0.2) is 37.6 Å². The molecule has 0 aromatic carbocycles. The van der Waals surface area contributed by atoms with E-state index in [0.29, 0.717) is 0 Å². The summed E-state index contributed by atoms with van der Waals surface area (Å²) in [6.07, 6.45) is 8.01. The molecule has 0 amide bonds. The molecule has 0 aliphatic heterocycles. The smallest absolute Gasteiger partial charge is 0.0601 e. The Balaban J connectivity index is 2.36. The number of terminal acetylenes is 1. The first-order valence-electron chi connectivity index (χ1n) is 5.15. The molecule has 0 spiro atoms. The van der Waals surface area contributed by atoms with Crippen molar-refractivity contribution in [1.29, 1.82) is 0 Å². The van der Waals surface area contributed by atoms with Crippen LogP contribution in [0.25, 0.3) is 0 Å². The lowest BCUT2D eigenvalue weighted by molar-refractivity contribution is 0.0788. The third-order valence-electron chi connectivity index (χ3n) is 3.01. The predicted molar refractivity (Wildman–Crippen MR) is 56.5 cm³/mol. The zero-order valence-electron chi connectivity index (χ0n) is 8.71. The van der Waals surface area contributed by atoms with Crippen molar-refractivity contribution in [2.24, 2.45) is 5.92 Å². The molecule has 1 N–H and O–H groups in total. The molecular weight excluding hydrogens is 160 g/mol. The molecule has 2 heteroatoms. The topological polar surface area (TPSA) is 15.3 Å². The van der Waals surface area contributed by atoms with Gasteiger partial charge in [0, 0.05) is 6.04 Å². The lowest BCUT2D eigenvalue weighted by Crippen LogP contribution is -2.50. The van der Waals surface area contributed by atoms with Crippen LogP contribution >= 0.6 is 0 Å². The van der Waals surface area contributed by atoms with Crippen molar-refractivity contribution in [3.05, 3.63) is 0 Å². The quantitative estimate of drug-likeness (QED) is 0.633. The summed E-state index contributed by atoms with van der Waals surface area (Å²) in [5, 5.41) is 3.24. The Morgan fingerprint density at radius 3 is 2.69 bits per heavy atom. The minimum atomic E-state index is 0.730. The molecule has 1 aliphatic rings. The van der Waals surface area contributed by atoms with Crippen LogP contribution in [0.15, 0.2) is 0 Å². The van der Waals surface area contributed by atoms with Gasteiger partial charge in [0.15, 0.2) is 0 Å². The fraction of sp³-hybridized carbons (Fsp3) is 0.818. The van der Waals surface area contributed by atoms with E-state index < -0.39 is 0 Å². The molecule has 1 rings (SSSR count). The molecule has 0 bridgehead atoms. The highest BCUT2D eigenvalue weighted by atomic mass is 15.2. The van der Waals surface area contributed by atoms with Crippen LogP contribution in [0.4, 0.5) is 0 Å². The van der Waals surface area contributed by atoms with Crippen LogP contribution in [0.2, 0.25) is 0 Å². The summed E-state index contributed by atoms with van der Waals surface area (Å²) in [6.45, 7) is 5.20. The average molecular weight is 180 g/mol.